The maximum absolute atomic E-state index is 11.9. The molecule has 0 unspecified atom stereocenters. The normalized spacial score (nSPS) is 12.0. The third-order valence-electron chi connectivity index (χ3n) is 2.34. The minimum Gasteiger partial charge on any atom is -0.440 e. The molecular weight excluding hydrogens is 378 g/mol. The summed E-state index contributed by atoms with van der Waals surface area (Å²) in [5, 5.41) is 3.30. The number of isocyanates is 1. The topological polar surface area (TPSA) is 76.0 Å². The molecule has 1 aromatic carbocycles. The minimum absolute atomic E-state index is 0.0129. The Labute approximate surface area is 145 Å². The van der Waals surface area contributed by atoms with Gasteiger partial charge in [-0.3, -0.25) is 4.79 Å². The predicted octanol–water partition coefficient (Wildman–Crippen LogP) is 3.99. The van der Waals surface area contributed by atoms with Crippen molar-refractivity contribution in [3.8, 4) is 0 Å². The van der Waals surface area contributed by atoms with E-state index in [1.165, 1.54) is 6.92 Å². The van der Waals surface area contributed by atoms with Crippen LogP contribution in [0.1, 0.15) is 18.6 Å². The van der Waals surface area contributed by atoms with Gasteiger partial charge in [-0.15, -0.1) is 5.01 Å². The van der Waals surface area contributed by atoms with E-state index in [1.54, 1.807) is 24.3 Å². The van der Waals surface area contributed by atoms with E-state index < -0.39 is 21.9 Å². The van der Waals surface area contributed by atoms with E-state index >= 15 is 0 Å². The van der Waals surface area contributed by atoms with E-state index in [4.69, 9.17) is 51.1 Å². The number of hydrazone groups is 1. The molecule has 1 rings (SSSR count). The SMILES string of the molecule is C[C@@H](OC(=O)N(N=C=O)C(=O)C(Cl)(Cl)Cl)c1cccc(Cl)c1. The summed E-state index contributed by atoms with van der Waals surface area (Å²) < 4.78 is 2.49. The highest BCUT2D eigenvalue weighted by Crippen LogP contribution is 2.29. The molecule has 10 heteroatoms. The van der Waals surface area contributed by atoms with E-state index in [-0.39, 0.29) is 5.01 Å². The zero-order chi connectivity index (χ0) is 16.9. The molecule has 0 bridgehead atoms. The summed E-state index contributed by atoms with van der Waals surface area (Å²) in [4.78, 5) is 33.9. The van der Waals surface area contributed by atoms with Crippen LogP contribution < -0.4 is 0 Å². The first-order valence-electron chi connectivity index (χ1n) is 5.62. The highest BCUT2D eigenvalue weighted by Gasteiger charge is 2.40. The molecule has 0 aliphatic rings. The first-order valence-corrected chi connectivity index (χ1v) is 7.13. The molecule has 1 aromatic rings. The average Bonchev–Trinajstić information content (AvgIpc) is 2.42. The highest BCUT2D eigenvalue weighted by molar-refractivity contribution is 6.76. The number of carbonyl (C=O) groups is 2. The van der Waals surface area contributed by atoms with Gasteiger partial charge in [-0.1, -0.05) is 63.6 Å². The third-order valence-corrected chi connectivity index (χ3v) is 3.06. The van der Waals surface area contributed by atoms with Crippen molar-refractivity contribution in [2.75, 3.05) is 0 Å². The number of imide groups is 1. The summed E-state index contributed by atoms with van der Waals surface area (Å²) in [6, 6.07) is 6.49. The maximum atomic E-state index is 11.9. The minimum atomic E-state index is -2.49. The second-order valence-electron chi connectivity index (χ2n) is 3.89. The van der Waals surface area contributed by atoms with Crippen LogP contribution in [-0.2, 0) is 14.3 Å². The Bertz CT molecular complexity index is 626. The van der Waals surface area contributed by atoms with Gasteiger partial charge in [0.2, 0.25) is 0 Å². The Morgan fingerprint density at radius 3 is 2.50 bits per heavy atom. The fourth-order valence-corrected chi connectivity index (χ4v) is 1.80. The average molecular weight is 386 g/mol. The number of carbonyl (C=O) groups excluding carboxylic acids is 3. The molecular formula is C12H8Cl4N2O4. The van der Waals surface area contributed by atoms with E-state index in [0.717, 1.165) is 6.08 Å². The first kappa shape index (κ1) is 18.7. The molecule has 0 aliphatic carbocycles. The van der Waals surface area contributed by atoms with Gasteiger partial charge in [0.15, 0.2) is 0 Å². The number of amides is 2. The van der Waals surface area contributed by atoms with E-state index in [1.807, 2.05) is 0 Å². The van der Waals surface area contributed by atoms with Gasteiger partial charge in [-0.25, -0.2) is 9.59 Å². The number of benzene rings is 1. The van der Waals surface area contributed by atoms with Gasteiger partial charge in [0.1, 0.15) is 6.10 Å². The summed E-state index contributed by atoms with van der Waals surface area (Å²) in [5.41, 5.74) is 0.553. The van der Waals surface area contributed by atoms with E-state index in [2.05, 4.69) is 5.10 Å². The van der Waals surface area contributed by atoms with Crippen molar-refractivity contribution in [3.05, 3.63) is 34.9 Å². The molecule has 0 saturated carbocycles. The first-order chi connectivity index (χ1) is 10.2. The van der Waals surface area contributed by atoms with Crippen LogP contribution in [0.25, 0.3) is 0 Å². The molecule has 0 radical (unpaired) electrons. The molecule has 0 heterocycles. The lowest BCUT2D eigenvalue weighted by Crippen LogP contribution is -2.40. The number of halogens is 4. The van der Waals surface area contributed by atoms with Crippen molar-refractivity contribution in [3.63, 3.8) is 0 Å². The number of hydrogen-bond donors (Lipinski definition) is 0. The van der Waals surface area contributed by atoms with Crippen LogP contribution in [0.15, 0.2) is 29.4 Å². The van der Waals surface area contributed by atoms with Crippen LogP contribution in [0.3, 0.4) is 0 Å². The molecule has 0 aliphatic heterocycles. The smallest absolute Gasteiger partial charge is 0.439 e. The summed E-state index contributed by atoms with van der Waals surface area (Å²) in [6.45, 7) is 1.52. The number of nitrogens with zero attached hydrogens (tertiary/aromatic N) is 2. The Morgan fingerprint density at radius 1 is 1.36 bits per heavy atom. The molecule has 22 heavy (non-hydrogen) atoms. The van der Waals surface area contributed by atoms with Crippen LogP contribution in [0.2, 0.25) is 5.02 Å². The zero-order valence-corrected chi connectivity index (χ0v) is 13.9. The second-order valence-corrected chi connectivity index (χ2v) is 6.60. The molecule has 0 N–H and O–H groups in total. The lowest BCUT2D eigenvalue weighted by atomic mass is 10.1. The molecule has 0 saturated heterocycles. The Hall–Kier alpha value is -1.30. The monoisotopic (exact) mass is 384 g/mol. The molecule has 6 nitrogen and oxygen atoms in total. The van der Waals surface area contributed by atoms with Crippen LogP contribution in [0.4, 0.5) is 4.79 Å². The number of alkyl halides is 3. The van der Waals surface area contributed by atoms with Gasteiger partial charge in [0.05, 0.1) is 0 Å². The molecule has 118 valence electrons. The summed E-state index contributed by atoms with van der Waals surface area (Å²) in [6.07, 6.45) is -1.09. The number of rotatable bonds is 3. The maximum Gasteiger partial charge on any atom is 0.439 e. The largest absolute Gasteiger partial charge is 0.440 e. The second kappa shape index (κ2) is 7.81. The Morgan fingerprint density at radius 2 is 2.00 bits per heavy atom. The zero-order valence-electron chi connectivity index (χ0n) is 10.9. The molecule has 0 fully saturated rings. The number of ether oxygens (including phenoxy) is 1. The quantitative estimate of drug-likeness (QED) is 0.341. The van der Waals surface area contributed by atoms with Gasteiger partial charge >= 0.3 is 12.0 Å². The van der Waals surface area contributed by atoms with Crippen LogP contribution >= 0.6 is 46.4 Å². The highest BCUT2D eigenvalue weighted by atomic mass is 35.6. The Balaban J connectivity index is 2.92. The van der Waals surface area contributed by atoms with Gasteiger partial charge in [0.25, 0.3) is 9.87 Å². The third kappa shape index (κ3) is 5.16. The summed E-state index contributed by atoms with van der Waals surface area (Å²) >= 11 is 21.9. The van der Waals surface area contributed by atoms with Gasteiger partial charge < -0.3 is 4.74 Å². The van der Waals surface area contributed by atoms with Crippen LogP contribution in [0.5, 0.6) is 0 Å². The van der Waals surface area contributed by atoms with Crippen molar-refractivity contribution >= 4 is 64.5 Å². The molecule has 0 spiro atoms. The van der Waals surface area contributed by atoms with Gasteiger partial charge in [-0.2, -0.15) is 0 Å². The number of hydrogen-bond acceptors (Lipinski definition) is 5. The summed E-state index contributed by atoms with van der Waals surface area (Å²) in [5.74, 6) is -1.37. The van der Waals surface area contributed by atoms with Crippen molar-refractivity contribution in [1.82, 2.24) is 5.01 Å². The lowest BCUT2D eigenvalue weighted by Gasteiger charge is -2.20. The summed E-state index contributed by atoms with van der Waals surface area (Å²) in [7, 11) is 0. The van der Waals surface area contributed by atoms with Crippen molar-refractivity contribution in [2.24, 2.45) is 5.10 Å². The fraction of sp³-hybridized carbons (Fsp3) is 0.250. The Kier molecular flexibility index (Phi) is 6.66. The lowest BCUT2D eigenvalue weighted by molar-refractivity contribution is -0.128. The van der Waals surface area contributed by atoms with Crippen molar-refractivity contribution in [1.29, 1.82) is 0 Å². The van der Waals surface area contributed by atoms with Gasteiger partial charge in [-0.05, 0) is 24.6 Å². The van der Waals surface area contributed by atoms with E-state index in [9.17, 15) is 14.4 Å². The standard InChI is InChI=1S/C12H8Cl4N2O4/c1-7(8-3-2-4-9(13)5-8)22-11(21)18(17-6-19)10(20)12(14,15)16/h2-5,7H,1H3/t7-/m1/s1. The van der Waals surface area contributed by atoms with E-state index in [0.29, 0.717) is 10.6 Å². The van der Waals surface area contributed by atoms with Crippen molar-refractivity contribution in [2.45, 2.75) is 16.8 Å². The van der Waals surface area contributed by atoms with Crippen molar-refractivity contribution < 1.29 is 19.1 Å². The molecule has 2 amide bonds. The fourth-order valence-electron chi connectivity index (χ4n) is 1.36. The molecule has 1 atom stereocenters. The van der Waals surface area contributed by atoms with Crippen LogP contribution in [0, 0.1) is 0 Å². The van der Waals surface area contributed by atoms with Gasteiger partial charge in [0, 0.05) is 5.02 Å². The molecule has 0 aromatic heterocycles. The van der Waals surface area contributed by atoms with Crippen LogP contribution in [-0.4, -0.2) is 26.9 Å². The predicted molar refractivity (Wildman–Crippen MR) is 81.6 cm³/mol.